The second kappa shape index (κ2) is 14.3. The molecule has 4 heteroatoms. The summed E-state index contributed by atoms with van der Waals surface area (Å²) in [6, 6.07) is 47.5. The van der Waals surface area contributed by atoms with E-state index in [0.29, 0.717) is 16.8 Å². The van der Waals surface area contributed by atoms with Gasteiger partial charge in [-0.3, -0.25) is 0 Å². The van der Waals surface area contributed by atoms with E-state index in [0.717, 1.165) is 38.8 Å². The molecule has 0 aliphatic heterocycles. The molecular weight excluding hydrogens is 813 g/mol. The Hall–Kier alpha value is -5.41. The second-order valence-electron chi connectivity index (χ2n) is 13.7. The van der Waals surface area contributed by atoms with Crippen molar-refractivity contribution in [2.24, 2.45) is 0 Å². The molecular formula is C48H38IrN2O-2. The molecule has 0 unspecified atom stereocenters. The molecule has 1 radical (unpaired) electrons. The summed E-state index contributed by atoms with van der Waals surface area (Å²) >= 11 is 0. The van der Waals surface area contributed by atoms with Gasteiger partial charge in [0.1, 0.15) is 5.58 Å². The Morgan fingerprint density at radius 1 is 0.673 bits per heavy atom. The van der Waals surface area contributed by atoms with E-state index in [1.807, 2.05) is 42.6 Å². The maximum atomic E-state index is 7.77. The zero-order valence-corrected chi connectivity index (χ0v) is 31.3. The summed E-state index contributed by atoms with van der Waals surface area (Å²) in [5.41, 5.74) is 7.72. The fourth-order valence-corrected chi connectivity index (χ4v) is 6.52. The minimum absolute atomic E-state index is 0. The first-order valence-electron chi connectivity index (χ1n) is 19.9. The average Bonchev–Trinajstić information content (AvgIpc) is 3.57. The van der Waals surface area contributed by atoms with Crippen molar-refractivity contribution in [3.63, 3.8) is 0 Å². The third-order valence-electron chi connectivity index (χ3n) is 9.25. The van der Waals surface area contributed by atoms with Gasteiger partial charge in [-0.15, -0.1) is 47.5 Å². The second-order valence-corrected chi connectivity index (χ2v) is 13.7. The molecule has 0 amide bonds. The summed E-state index contributed by atoms with van der Waals surface area (Å²) in [7, 11) is 0. The molecule has 0 bridgehead atoms. The molecule has 0 saturated carbocycles. The van der Waals surface area contributed by atoms with Crippen LogP contribution in [0.15, 0.2) is 144 Å². The molecule has 0 saturated heterocycles. The van der Waals surface area contributed by atoms with E-state index >= 15 is 0 Å². The molecule has 0 N–H and O–H groups in total. The van der Waals surface area contributed by atoms with Crippen LogP contribution in [0.5, 0.6) is 0 Å². The number of aromatic nitrogens is 2. The Labute approximate surface area is 327 Å². The van der Waals surface area contributed by atoms with E-state index in [2.05, 4.69) is 110 Å². The standard InChI is InChI=1S/C29H22NO.C19H16N.Ir/c1-29(2,3)20-13-14-30-26(16-20)23-10-6-9-22-25-15-19-12-11-18-7-4-5-8-21(18)24(19)17-27(25)31-28(22)23;1-14-8-11-19(20-13-14)17-10-9-15(2)18(12-17)16-6-4-3-5-7-16;/h4-9,11-17H,1-3H3;3-9,11-13H,1-2H3;/q2*-1;/i;1D3,2D3;. The van der Waals surface area contributed by atoms with Gasteiger partial charge in [-0.25, -0.2) is 0 Å². The molecule has 6 aromatic carbocycles. The number of nitrogens with zero attached hydrogens (tertiary/aromatic N) is 2. The van der Waals surface area contributed by atoms with Gasteiger partial charge in [0.2, 0.25) is 0 Å². The van der Waals surface area contributed by atoms with Crippen molar-refractivity contribution in [2.45, 2.75) is 39.9 Å². The number of benzene rings is 6. The van der Waals surface area contributed by atoms with Crippen LogP contribution >= 0.6 is 0 Å². The monoisotopic (exact) mass is 857 g/mol. The number of furan rings is 1. The molecule has 3 heterocycles. The van der Waals surface area contributed by atoms with Gasteiger partial charge in [0, 0.05) is 46.1 Å². The Morgan fingerprint density at radius 2 is 1.50 bits per heavy atom. The zero-order chi connectivity index (χ0) is 40.1. The predicted molar refractivity (Wildman–Crippen MR) is 213 cm³/mol. The van der Waals surface area contributed by atoms with Gasteiger partial charge in [-0.2, -0.15) is 0 Å². The van der Waals surface area contributed by atoms with Crippen LogP contribution in [0, 0.1) is 25.8 Å². The summed E-state index contributed by atoms with van der Waals surface area (Å²) in [5.74, 6) is 0. The van der Waals surface area contributed by atoms with Crippen molar-refractivity contribution in [1.82, 2.24) is 9.97 Å². The van der Waals surface area contributed by atoms with Crippen LogP contribution in [-0.4, -0.2) is 9.97 Å². The summed E-state index contributed by atoms with van der Waals surface area (Å²) < 4.78 is 52.0. The molecule has 257 valence electrons. The van der Waals surface area contributed by atoms with Gasteiger partial charge >= 0.3 is 0 Å². The number of fused-ring (bicyclic) bond motifs is 6. The van der Waals surface area contributed by atoms with Gasteiger partial charge < -0.3 is 14.4 Å². The first-order chi connectivity index (χ1) is 27.1. The predicted octanol–water partition coefficient (Wildman–Crippen LogP) is 12.9. The van der Waals surface area contributed by atoms with E-state index in [9.17, 15) is 0 Å². The van der Waals surface area contributed by atoms with Crippen molar-refractivity contribution >= 4 is 43.5 Å². The largest absolute Gasteiger partial charge is 0.501 e. The Balaban J connectivity index is 0.000000177. The van der Waals surface area contributed by atoms with E-state index in [4.69, 9.17) is 12.6 Å². The number of rotatable bonds is 3. The number of hydrogen-bond donors (Lipinski definition) is 0. The molecule has 9 aromatic rings. The Kier molecular flexibility index (Phi) is 7.76. The van der Waals surface area contributed by atoms with Gasteiger partial charge in [0.15, 0.2) is 0 Å². The summed E-state index contributed by atoms with van der Waals surface area (Å²) in [5, 5.41) is 7.14. The van der Waals surface area contributed by atoms with Crippen LogP contribution < -0.4 is 0 Å². The SMILES string of the molecule is CC(C)(C)c1ccnc(-c2[c-]ccc3c2oc2cc4c(ccc5ccccc54)cc23)c1.[2H]C([2H])([2H])c1ccc(-c2[c-]cc(C([2H])([2H])[2H])c(-c3ccccc3)c2)nc1.[Ir]. The Morgan fingerprint density at radius 3 is 2.29 bits per heavy atom. The van der Waals surface area contributed by atoms with E-state index < -0.39 is 13.7 Å². The van der Waals surface area contributed by atoms with Gasteiger partial charge in [0.05, 0.1) is 5.58 Å². The van der Waals surface area contributed by atoms with Crippen LogP contribution in [0.1, 0.15) is 45.7 Å². The van der Waals surface area contributed by atoms with Crippen LogP contribution in [0.3, 0.4) is 0 Å². The summed E-state index contributed by atoms with van der Waals surface area (Å²) in [6.07, 6.45) is 3.20. The first-order valence-corrected chi connectivity index (χ1v) is 16.9. The topological polar surface area (TPSA) is 38.9 Å². The molecule has 0 aliphatic rings. The maximum Gasteiger partial charge on any atom is 0.121 e. The van der Waals surface area contributed by atoms with Crippen molar-refractivity contribution in [3.05, 3.63) is 169 Å². The molecule has 3 aromatic heterocycles. The molecule has 0 fully saturated rings. The molecule has 9 rings (SSSR count). The summed E-state index contributed by atoms with van der Waals surface area (Å²) in [4.78, 5) is 8.86. The van der Waals surface area contributed by atoms with Crippen LogP contribution in [-0.2, 0) is 25.5 Å². The first kappa shape index (κ1) is 28.2. The molecule has 0 atom stereocenters. The maximum absolute atomic E-state index is 7.77. The van der Waals surface area contributed by atoms with Gasteiger partial charge in [-0.1, -0.05) is 129 Å². The minimum Gasteiger partial charge on any atom is -0.501 e. The van der Waals surface area contributed by atoms with Crippen LogP contribution in [0.4, 0.5) is 0 Å². The molecule has 3 nitrogen and oxygen atoms in total. The average molecular weight is 857 g/mol. The molecule has 52 heavy (non-hydrogen) atoms. The van der Waals surface area contributed by atoms with Gasteiger partial charge in [0.25, 0.3) is 0 Å². The van der Waals surface area contributed by atoms with E-state index in [1.54, 1.807) is 12.1 Å². The van der Waals surface area contributed by atoms with Gasteiger partial charge in [-0.05, 0) is 80.1 Å². The van der Waals surface area contributed by atoms with E-state index in [1.165, 1.54) is 45.4 Å². The fraction of sp³-hybridized carbons (Fsp3) is 0.125. The van der Waals surface area contributed by atoms with Crippen molar-refractivity contribution in [2.75, 3.05) is 0 Å². The quantitative estimate of drug-likeness (QED) is 0.131. The van der Waals surface area contributed by atoms with Crippen LogP contribution in [0.25, 0.3) is 77.1 Å². The van der Waals surface area contributed by atoms with E-state index in [-0.39, 0.29) is 36.6 Å². The van der Waals surface area contributed by atoms with Crippen molar-refractivity contribution < 1.29 is 32.7 Å². The number of hydrogen-bond acceptors (Lipinski definition) is 3. The smallest absolute Gasteiger partial charge is 0.121 e. The number of aryl methyl sites for hydroxylation is 2. The number of pyridine rings is 2. The normalized spacial score (nSPS) is 13.6. The van der Waals surface area contributed by atoms with Crippen LogP contribution in [0.2, 0.25) is 0 Å². The van der Waals surface area contributed by atoms with Crippen molar-refractivity contribution in [3.8, 4) is 33.6 Å². The molecule has 0 aliphatic carbocycles. The minimum atomic E-state index is -2.27. The fourth-order valence-electron chi connectivity index (χ4n) is 6.52. The zero-order valence-electron chi connectivity index (χ0n) is 34.9. The third kappa shape index (κ3) is 6.80. The third-order valence-corrected chi connectivity index (χ3v) is 9.25. The van der Waals surface area contributed by atoms with Crippen molar-refractivity contribution in [1.29, 1.82) is 0 Å². The Bertz CT molecular complexity index is 2910. The summed E-state index contributed by atoms with van der Waals surface area (Å²) in [6.45, 7) is 2.17. The molecule has 0 spiro atoms.